The van der Waals surface area contributed by atoms with E-state index in [1.165, 1.54) is 12.1 Å². The summed E-state index contributed by atoms with van der Waals surface area (Å²) in [5.41, 5.74) is 4.06. The quantitative estimate of drug-likeness (QED) is 0.305. The summed E-state index contributed by atoms with van der Waals surface area (Å²) in [6.07, 6.45) is -4.39. The predicted molar refractivity (Wildman–Crippen MR) is 142 cm³/mol. The molecule has 5 rings (SSSR count). The van der Waals surface area contributed by atoms with Gasteiger partial charge in [-0.3, -0.25) is 4.79 Å². The molecule has 1 aliphatic heterocycles. The van der Waals surface area contributed by atoms with E-state index in [-0.39, 0.29) is 5.91 Å². The number of halogens is 3. The number of rotatable bonds is 5. The van der Waals surface area contributed by atoms with Gasteiger partial charge in [-0.05, 0) is 73.2 Å². The number of hydrogen-bond donors (Lipinski definition) is 0. The number of piperazine rings is 1. The second-order valence-electron chi connectivity index (χ2n) is 9.26. The first-order valence-electron chi connectivity index (χ1n) is 12.4. The van der Waals surface area contributed by atoms with Crippen LogP contribution in [0, 0.1) is 6.92 Å². The SMILES string of the molecule is COc1ccc(-c2cc(C(=O)N3CCN(c4cccc(C(F)(F)F)c4)CC3)c(C)n2-c2ccccc2)cc1. The monoisotopic (exact) mass is 519 g/mol. The molecule has 0 unspecified atom stereocenters. The molecule has 4 aromatic rings. The molecule has 0 N–H and O–H groups in total. The van der Waals surface area contributed by atoms with Crippen molar-refractivity contribution in [2.24, 2.45) is 0 Å². The Bertz CT molecular complexity index is 1420. The fourth-order valence-electron chi connectivity index (χ4n) is 4.92. The van der Waals surface area contributed by atoms with Gasteiger partial charge in [0.1, 0.15) is 5.75 Å². The highest BCUT2D eigenvalue weighted by Crippen LogP contribution is 2.33. The summed E-state index contributed by atoms with van der Waals surface area (Å²) in [4.78, 5) is 17.4. The first-order chi connectivity index (χ1) is 18.3. The van der Waals surface area contributed by atoms with Gasteiger partial charge in [0, 0.05) is 43.2 Å². The molecule has 1 saturated heterocycles. The fourth-order valence-corrected chi connectivity index (χ4v) is 4.92. The normalized spacial score (nSPS) is 14.0. The number of carbonyl (C=O) groups is 1. The van der Waals surface area contributed by atoms with Gasteiger partial charge in [0.25, 0.3) is 5.91 Å². The van der Waals surface area contributed by atoms with E-state index in [1.807, 2.05) is 72.5 Å². The number of para-hydroxylation sites is 1. The molecule has 1 aromatic heterocycles. The minimum atomic E-state index is -4.39. The molecular weight excluding hydrogens is 491 g/mol. The maximum atomic E-state index is 13.7. The van der Waals surface area contributed by atoms with Gasteiger partial charge in [-0.1, -0.05) is 24.3 Å². The van der Waals surface area contributed by atoms with Crippen LogP contribution in [0.1, 0.15) is 21.6 Å². The Balaban J connectivity index is 1.41. The van der Waals surface area contributed by atoms with Crippen molar-refractivity contribution in [1.82, 2.24) is 9.47 Å². The Hall–Kier alpha value is -4.20. The molecule has 0 spiro atoms. The summed E-state index contributed by atoms with van der Waals surface area (Å²) >= 11 is 0. The minimum Gasteiger partial charge on any atom is -0.497 e. The number of amides is 1. The van der Waals surface area contributed by atoms with Crippen LogP contribution in [-0.2, 0) is 6.18 Å². The van der Waals surface area contributed by atoms with Gasteiger partial charge in [-0.2, -0.15) is 13.2 Å². The molecule has 0 bridgehead atoms. The molecule has 1 aliphatic rings. The predicted octanol–water partition coefficient (Wildman–Crippen LogP) is 6.44. The summed E-state index contributed by atoms with van der Waals surface area (Å²) in [5, 5.41) is 0. The van der Waals surface area contributed by atoms with Gasteiger partial charge in [0.15, 0.2) is 0 Å². The molecule has 0 saturated carbocycles. The van der Waals surface area contributed by atoms with Gasteiger partial charge >= 0.3 is 6.18 Å². The summed E-state index contributed by atoms with van der Waals surface area (Å²) in [6, 6.07) is 24.9. The van der Waals surface area contributed by atoms with E-state index >= 15 is 0 Å². The summed E-state index contributed by atoms with van der Waals surface area (Å²) in [6.45, 7) is 3.69. The number of alkyl halides is 3. The molecule has 0 radical (unpaired) electrons. The summed E-state index contributed by atoms with van der Waals surface area (Å²) < 4.78 is 46.9. The second kappa shape index (κ2) is 10.3. The van der Waals surface area contributed by atoms with Crippen molar-refractivity contribution in [3.05, 3.63) is 102 Å². The van der Waals surface area contributed by atoms with E-state index in [9.17, 15) is 18.0 Å². The third-order valence-corrected chi connectivity index (χ3v) is 6.98. The number of methoxy groups -OCH3 is 1. The third-order valence-electron chi connectivity index (χ3n) is 6.98. The largest absolute Gasteiger partial charge is 0.497 e. The average Bonchev–Trinajstić information content (AvgIpc) is 3.29. The Kier molecular flexibility index (Phi) is 6.89. The lowest BCUT2D eigenvalue weighted by molar-refractivity contribution is -0.137. The highest BCUT2D eigenvalue weighted by atomic mass is 19.4. The fraction of sp³-hybridized carbons (Fsp3) is 0.233. The number of carbonyl (C=O) groups excluding carboxylic acids is 1. The topological polar surface area (TPSA) is 37.7 Å². The second-order valence-corrected chi connectivity index (χ2v) is 9.26. The zero-order valence-electron chi connectivity index (χ0n) is 21.2. The number of aromatic nitrogens is 1. The van der Waals surface area contributed by atoms with Gasteiger partial charge in [-0.25, -0.2) is 0 Å². The van der Waals surface area contributed by atoms with Crippen molar-refractivity contribution in [3.8, 4) is 22.7 Å². The van der Waals surface area contributed by atoms with Crippen molar-refractivity contribution in [3.63, 3.8) is 0 Å². The first-order valence-corrected chi connectivity index (χ1v) is 12.4. The number of nitrogens with zero attached hydrogens (tertiary/aromatic N) is 3. The van der Waals surface area contributed by atoms with E-state index in [2.05, 4.69) is 4.57 Å². The van der Waals surface area contributed by atoms with Crippen LogP contribution in [0.3, 0.4) is 0 Å². The number of anilines is 1. The molecule has 0 atom stereocenters. The Labute approximate surface area is 219 Å². The van der Waals surface area contributed by atoms with Crippen LogP contribution in [0.2, 0.25) is 0 Å². The van der Waals surface area contributed by atoms with Gasteiger partial charge in [-0.15, -0.1) is 0 Å². The molecule has 8 heteroatoms. The number of hydrogen-bond acceptors (Lipinski definition) is 3. The van der Waals surface area contributed by atoms with Crippen molar-refractivity contribution in [2.75, 3.05) is 38.2 Å². The molecule has 3 aromatic carbocycles. The standard InChI is InChI=1S/C30H28F3N3O2/c1-21-27(20-28(22-11-13-26(38-2)14-12-22)36(21)24-8-4-3-5-9-24)29(37)35-17-15-34(16-18-35)25-10-6-7-23(19-25)30(31,32)33/h3-14,19-20H,15-18H2,1-2H3. The van der Waals surface area contributed by atoms with E-state index in [1.54, 1.807) is 18.1 Å². The summed E-state index contributed by atoms with van der Waals surface area (Å²) in [7, 11) is 1.62. The van der Waals surface area contributed by atoms with E-state index in [0.717, 1.165) is 34.5 Å². The van der Waals surface area contributed by atoms with Gasteiger partial charge in [0.05, 0.1) is 23.9 Å². The van der Waals surface area contributed by atoms with Crippen molar-refractivity contribution < 1.29 is 22.7 Å². The van der Waals surface area contributed by atoms with Gasteiger partial charge < -0.3 is 19.1 Å². The van der Waals surface area contributed by atoms with Crippen LogP contribution >= 0.6 is 0 Å². The zero-order valence-corrected chi connectivity index (χ0v) is 21.2. The first kappa shape index (κ1) is 25.4. The number of ether oxygens (including phenoxy) is 1. The molecule has 0 aliphatic carbocycles. The summed E-state index contributed by atoms with van der Waals surface area (Å²) in [5.74, 6) is 0.661. The molecule has 38 heavy (non-hydrogen) atoms. The highest BCUT2D eigenvalue weighted by molar-refractivity contribution is 5.97. The third kappa shape index (κ3) is 4.98. The van der Waals surface area contributed by atoms with Crippen molar-refractivity contribution >= 4 is 11.6 Å². The van der Waals surface area contributed by atoms with Crippen molar-refractivity contribution in [1.29, 1.82) is 0 Å². The molecular formula is C30H28F3N3O2. The molecule has 5 nitrogen and oxygen atoms in total. The van der Waals surface area contributed by atoms with Gasteiger partial charge in [0.2, 0.25) is 0 Å². The molecule has 196 valence electrons. The molecule has 1 fully saturated rings. The van der Waals surface area contributed by atoms with E-state index in [4.69, 9.17) is 4.74 Å². The Morgan fingerprint density at radius 1 is 0.816 bits per heavy atom. The average molecular weight is 520 g/mol. The molecule has 1 amide bonds. The van der Waals surface area contributed by atoms with Crippen LogP contribution in [0.25, 0.3) is 16.9 Å². The van der Waals surface area contributed by atoms with Crippen LogP contribution in [0.15, 0.2) is 84.9 Å². The lowest BCUT2D eigenvalue weighted by Crippen LogP contribution is -2.49. The Morgan fingerprint density at radius 3 is 2.11 bits per heavy atom. The Morgan fingerprint density at radius 2 is 1.47 bits per heavy atom. The van der Waals surface area contributed by atoms with Crippen molar-refractivity contribution in [2.45, 2.75) is 13.1 Å². The van der Waals surface area contributed by atoms with Crippen LogP contribution in [0.5, 0.6) is 5.75 Å². The molecule has 2 heterocycles. The lowest BCUT2D eigenvalue weighted by Gasteiger charge is -2.36. The zero-order chi connectivity index (χ0) is 26.9. The lowest BCUT2D eigenvalue weighted by atomic mass is 10.1. The van der Waals surface area contributed by atoms with E-state index < -0.39 is 11.7 Å². The van der Waals surface area contributed by atoms with Crippen LogP contribution in [0.4, 0.5) is 18.9 Å². The van der Waals surface area contributed by atoms with Crippen LogP contribution in [-0.4, -0.2) is 48.7 Å². The van der Waals surface area contributed by atoms with Crippen LogP contribution < -0.4 is 9.64 Å². The minimum absolute atomic E-state index is 0.0874. The highest BCUT2D eigenvalue weighted by Gasteiger charge is 2.32. The maximum Gasteiger partial charge on any atom is 0.416 e. The smallest absolute Gasteiger partial charge is 0.416 e. The number of benzene rings is 3. The maximum absolute atomic E-state index is 13.7. The van der Waals surface area contributed by atoms with E-state index in [0.29, 0.717) is 37.4 Å².